The normalized spacial score (nSPS) is 20.0. The maximum absolute atomic E-state index is 12.4. The van der Waals surface area contributed by atoms with E-state index >= 15 is 0 Å². The van der Waals surface area contributed by atoms with Gasteiger partial charge in [-0.15, -0.1) is 10.2 Å². The van der Waals surface area contributed by atoms with Crippen molar-refractivity contribution in [1.29, 1.82) is 0 Å². The minimum atomic E-state index is -0.294. The molecule has 1 aliphatic carbocycles. The van der Waals surface area contributed by atoms with Gasteiger partial charge in [0.2, 0.25) is 10.9 Å². The van der Waals surface area contributed by atoms with Gasteiger partial charge in [-0.3, -0.25) is 9.59 Å². The molecule has 1 atom stereocenters. The van der Waals surface area contributed by atoms with Gasteiger partial charge in [0.05, 0.1) is 0 Å². The van der Waals surface area contributed by atoms with E-state index in [9.17, 15) is 9.59 Å². The quantitative estimate of drug-likeness (QED) is 0.866. The summed E-state index contributed by atoms with van der Waals surface area (Å²) in [5, 5.41) is 12.8. The van der Waals surface area contributed by atoms with Crippen LogP contribution in [-0.4, -0.2) is 40.0 Å². The fraction of sp³-hybridized carbons (Fsp3) is 0.444. The monoisotopic (exact) mass is 390 g/mol. The van der Waals surface area contributed by atoms with Gasteiger partial charge < -0.3 is 10.2 Å². The number of halogens is 1. The summed E-state index contributed by atoms with van der Waals surface area (Å²) in [6.45, 7) is 1.51. The molecule has 2 fully saturated rings. The minimum absolute atomic E-state index is 0.164. The first-order chi connectivity index (χ1) is 12.6. The summed E-state index contributed by atoms with van der Waals surface area (Å²) in [5.41, 5.74) is 0.623. The molecule has 1 aliphatic heterocycles. The Kier molecular flexibility index (Phi) is 4.91. The highest BCUT2D eigenvalue weighted by atomic mass is 35.5. The van der Waals surface area contributed by atoms with Crippen molar-refractivity contribution in [3.63, 3.8) is 0 Å². The molecule has 0 bridgehead atoms. The van der Waals surface area contributed by atoms with Gasteiger partial charge >= 0.3 is 0 Å². The average Bonchev–Trinajstić information content (AvgIpc) is 3.37. The van der Waals surface area contributed by atoms with Crippen molar-refractivity contribution >= 4 is 40.4 Å². The molecule has 0 unspecified atom stereocenters. The van der Waals surface area contributed by atoms with Gasteiger partial charge in [-0.25, -0.2) is 0 Å². The lowest BCUT2D eigenvalue weighted by Crippen LogP contribution is -2.39. The topological polar surface area (TPSA) is 75.2 Å². The van der Waals surface area contributed by atoms with E-state index in [1.165, 1.54) is 11.3 Å². The molecule has 1 aromatic carbocycles. The third-order valence-corrected chi connectivity index (χ3v) is 6.05. The van der Waals surface area contributed by atoms with Gasteiger partial charge in [-0.2, -0.15) is 0 Å². The van der Waals surface area contributed by atoms with Crippen LogP contribution in [0.3, 0.4) is 0 Å². The summed E-state index contributed by atoms with van der Waals surface area (Å²) in [4.78, 5) is 26.6. The Morgan fingerprint density at radius 1 is 1.23 bits per heavy atom. The second-order valence-electron chi connectivity index (χ2n) is 6.81. The predicted octanol–water partition coefficient (Wildman–Crippen LogP) is 3.56. The lowest BCUT2D eigenvalue weighted by Gasteiger charge is -2.31. The third kappa shape index (κ3) is 3.88. The molecule has 4 rings (SSSR count). The van der Waals surface area contributed by atoms with E-state index in [-0.39, 0.29) is 23.7 Å². The standard InChI is InChI=1S/C18H19ClN4O2S/c19-13-4-1-5-14(9-13)20-15(24)17-22-21-16(26-17)12-3-2-8-23(10-12)18(25)11-6-7-11/h1,4-5,9,11-12H,2-3,6-8,10H2,(H,20,24)/t12-/m0/s1. The van der Waals surface area contributed by atoms with Crippen LogP contribution in [0.4, 0.5) is 5.69 Å². The van der Waals surface area contributed by atoms with Crippen LogP contribution < -0.4 is 5.32 Å². The van der Waals surface area contributed by atoms with Crippen molar-refractivity contribution < 1.29 is 9.59 Å². The molecular formula is C18H19ClN4O2S. The van der Waals surface area contributed by atoms with Gasteiger partial charge in [0.25, 0.3) is 5.91 Å². The van der Waals surface area contributed by atoms with E-state index < -0.39 is 0 Å². The lowest BCUT2D eigenvalue weighted by atomic mass is 9.98. The molecule has 8 heteroatoms. The summed E-state index contributed by atoms with van der Waals surface area (Å²) in [6.07, 6.45) is 3.98. The zero-order valence-corrected chi connectivity index (χ0v) is 15.7. The largest absolute Gasteiger partial charge is 0.342 e. The molecule has 26 heavy (non-hydrogen) atoms. The van der Waals surface area contributed by atoms with Crippen molar-refractivity contribution in [3.05, 3.63) is 39.3 Å². The van der Waals surface area contributed by atoms with Crippen LogP contribution in [0.2, 0.25) is 5.02 Å². The van der Waals surface area contributed by atoms with Crippen molar-refractivity contribution in [2.24, 2.45) is 5.92 Å². The van der Waals surface area contributed by atoms with Crippen LogP contribution in [-0.2, 0) is 4.79 Å². The third-order valence-electron chi connectivity index (χ3n) is 4.73. The predicted molar refractivity (Wildman–Crippen MR) is 101 cm³/mol. The van der Waals surface area contributed by atoms with Gasteiger partial charge in [0, 0.05) is 35.6 Å². The second-order valence-corrected chi connectivity index (χ2v) is 8.25. The highest BCUT2D eigenvalue weighted by molar-refractivity contribution is 7.13. The number of anilines is 1. The molecule has 0 radical (unpaired) electrons. The fourth-order valence-corrected chi connectivity index (χ4v) is 4.26. The summed E-state index contributed by atoms with van der Waals surface area (Å²) in [5.74, 6) is 0.384. The average molecular weight is 391 g/mol. The molecule has 2 heterocycles. The Balaban J connectivity index is 1.42. The number of likely N-dealkylation sites (tertiary alicyclic amines) is 1. The van der Waals surface area contributed by atoms with Gasteiger partial charge in [0.15, 0.2) is 0 Å². The van der Waals surface area contributed by atoms with Crippen LogP contribution in [0.5, 0.6) is 0 Å². The number of hydrogen-bond acceptors (Lipinski definition) is 5. The van der Waals surface area contributed by atoms with Crippen LogP contribution in [0.15, 0.2) is 24.3 Å². The maximum Gasteiger partial charge on any atom is 0.286 e. The Hall–Kier alpha value is -1.99. The molecule has 1 saturated carbocycles. The smallest absolute Gasteiger partial charge is 0.286 e. The maximum atomic E-state index is 12.4. The zero-order chi connectivity index (χ0) is 18.1. The number of benzene rings is 1. The van der Waals surface area contributed by atoms with Gasteiger partial charge in [-0.05, 0) is 43.9 Å². The first-order valence-electron chi connectivity index (χ1n) is 8.79. The molecule has 6 nitrogen and oxygen atoms in total. The number of piperidine rings is 1. The van der Waals surface area contributed by atoms with Crippen LogP contribution in [0.25, 0.3) is 0 Å². The molecule has 1 aromatic heterocycles. The zero-order valence-electron chi connectivity index (χ0n) is 14.2. The number of rotatable bonds is 4. The first-order valence-corrected chi connectivity index (χ1v) is 9.98. The summed E-state index contributed by atoms with van der Waals surface area (Å²) in [6, 6.07) is 6.98. The molecule has 2 aromatic rings. The Morgan fingerprint density at radius 2 is 2.08 bits per heavy atom. The van der Waals surface area contributed by atoms with E-state index in [2.05, 4.69) is 15.5 Å². The summed E-state index contributed by atoms with van der Waals surface area (Å²) in [7, 11) is 0. The van der Waals surface area contributed by atoms with Gasteiger partial charge in [-0.1, -0.05) is 29.0 Å². The summed E-state index contributed by atoms with van der Waals surface area (Å²) >= 11 is 7.24. The van der Waals surface area contributed by atoms with Crippen molar-refractivity contribution in [2.75, 3.05) is 18.4 Å². The van der Waals surface area contributed by atoms with E-state index in [1.807, 2.05) is 4.90 Å². The van der Waals surface area contributed by atoms with E-state index in [0.29, 0.717) is 22.3 Å². The molecular weight excluding hydrogens is 372 g/mol. The SMILES string of the molecule is O=C(Nc1cccc(Cl)c1)c1nnc([C@H]2CCCN(C(=O)C3CC3)C2)s1. The number of aromatic nitrogens is 2. The molecule has 1 saturated heterocycles. The number of nitrogens with zero attached hydrogens (tertiary/aromatic N) is 3. The highest BCUT2D eigenvalue weighted by Gasteiger charge is 2.36. The van der Waals surface area contributed by atoms with Crippen molar-refractivity contribution in [3.8, 4) is 0 Å². The number of amides is 2. The summed E-state index contributed by atoms with van der Waals surface area (Å²) < 4.78 is 0. The van der Waals surface area contributed by atoms with Crippen LogP contribution in [0.1, 0.15) is 46.4 Å². The van der Waals surface area contributed by atoms with E-state index in [0.717, 1.165) is 37.2 Å². The first kappa shape index (κ1) is 17.4. The number of nitrogens with one attached hydrogen (secondary N) is 1. The number of carbonyl (C=O) groups excluding carboxylic acids is 2. The highest BCUT2D eigenvalue weighted by Crippen LogP contribution is 2.35. The number of carbonyl (C=O) groups is 2. The minimum Gasteiger partial charge on any atom is -0.342 e. The Morgan fingerprint density at radius 3 is 2.85 bits per heavy atom. The fourth-order valence-electron chi connectivity index (χ4n) is 3.21. The molecule has 136 valence electrons. The Bertz CT molecular complexity index is 836. The van der Waals surface area contributed by atoms with Crippen molar-refractivity contribution in [1.82, 2.24) is 15.1 Å². The van der Waals surface area contributed by atoms with Gasteiger partial charge in [0.1, 0.15) is 5.01 Å². The molecule has 1 N–H and O–H groups in total. The Labute approximate surface area is 160 Å². The van der Waals surface area contributed by atoms with E-state index in [1.54, 1.807) is 24.3 Å². The number of hydrogen-bond donors (Lipinski definition) is 1. The van der Waals surface area contributed by atoms with Crippen LogP contribution in [0, 0.1) is 5.92 Å². The van der Waals surface area contributed by atoms with Crippen molar-refractivity contribution in [2.45, 2.75) is 31.6 Å². The second kappa shape index (κ2) is 7.32. The molecule has 0 spiro atoms. The lowest BCUT2D eigenvalue weighted by molar-refractivity contribution is -0.133. The van der Waals surface area contributed by atoms with E-state index in [4.69, 9.17) is 11.6 Å². The van der Waals surface area contributed by atoms with Crippen LogP contribution >= 0.6 is 22.9 Å². The molecule has 2 amide bonds. The molecule has 2 aliphatic rings.